The van der Waals surface area contributed by atoms with Gasteiger partial charge in [0.2, 0.25) is 5.76 Å². The Balaban J connectivity index is 1.66. The molecule has 1 amide bonds. The average Bonchev–Trinajstić information content (AvgIpc) is 3.04. The third-order valence-electron chi connectivity index (χ3n) is 2.66. The second kappa shape index (κ2) is 6.72. The molecule has 0 aromatic carbocycles. The van der Waals surface area contributed by atoms with E-state index in [4.69, 9.17) is 13.9 Å². The number of esters is 1. The third kappa shape index (κ3) is 4.36. The van der Waals surface area contributed by atoms with E-state index in [-0.39, 0.29) is 24.4 Å². The number of carbonyl (C=O) groups excluding carboxylic acids is 2. The van der Waals surface area contributed by atoms with Gasteiger partial charge in [-0.05, 0) is 40.9 Å². The molecule has 1 N–H and O–H groups in total. The molecule has 1 aromatic heterocycles. The second-order valence-electron chi connectivity index (χ2n) is 4.12. The van der Waals surface area contributed by atoms with Gasteiger partial charge >= 0.3 is 5.97 Å². The Kier molecular flexibility index (Phi) is 4.98. The summed E-state index contributed by atoms with van der Waals surface area (Å²) < 4.78 is 15.6. The topological polar surface area (TPSA) is 77.8 Å². The molecule has 1 aliphatic rings. The summed E-state index contributed by atoms with van der Waals surface area (Å²) in [6, 6.07) is 3.05. The van der Waals surface area contributed by atoms with Crippen LogP contribution in [0.3, 0.4) is 0 Å². The lowest BCUT2D eigenvalue weighted by atomic mass is 10.2. The summed E-state index contributed by atoms with van der Waals surface area (Å²) in [4.78, 5) is 22.9. The van der Waals surface area contributed by atoms with Crippen molar-refractivity contribution in [2.75, 3.05) is 19.8 Å². The molecule has 1 atom stereocenters. The van der Waals surface area contributed by atoms with Gasteiger partial charge in [0.15, 0.2) is 11.3 Å². The van der Waals surface area contributed by atoms with Crippen LogP contribution in [0.25, 0.3) is 0 Å². The monoisotopic (exact) mass is 331 g/mol. The van der Waals surface area contributed by atoms with E-state index in [1.807, 2.05) is 0 Å². The molecule has 0 radical (unpaired) electrons. The number of hydrogen-bond acceptors (Lipinski definition) is 5. The van der Waals surface area contributed by atoms with Crippen molar-refractivity contribution in [2.24, 2.45) is 0 Å². The summed E-state index contributed by atoms with van der Waals surface area (Å²) >= 11 is 3.08. The first-order valence-corrected chi connectivity index (χ1v) is 6.75. The van der Waals surface area contributed by atoms with Gasteiger partial charge in [-0.15, -0.1) is 0 Å². The zero-order valence-electron chi connectivity index (χ0n) is 10.2. The quantitative estimate of drug-likeness (QED) is 0.827. The Labute approximate surface area is 118 Å². The molecule has 0 saturated carbocycles. The van der Waals surface area contributed by atoms with Crippen molar-refractivity contribution in [3.05, 3.63) is 22.6 Å². The first kappa shape index (κ1) is 14.1. The third-order valence-corrected chi connectivity index (χ3v) is 3.09. The number of furan rings is 1. The highest BCUT2D eigenvalue weighted by Gasteiger charge is 2.17. The molecular formula is C12H14BrNO5. The fourth-order valence-electron chi connectivity index (χ4n) is 1.71. The summed E-state index contributed by atoms with van der Waals surface area (Å²) in [6.07, 6.45) is 2.03. The van der Waals surface area contributed by atoms with E-state index in [1.54, 1.807) is 6.07 Å². The van der Waals surface area contributed by atoms with Crippen LogP contribution in [0, 0.1) is 0 Å². The minimum Gasteiger partial charge on any atom is -0.450 e. The SMILES string of the molecule is O=C(COC(=O)c1ccc(Br)o1)NC[C@@H]1CCCO1. The predicted octanol–water partition coefficient (Wildman–Crippen LogP) is 1.49. The molecule has 0 spiro atoms. The molecule has 1 aromatic rings. The van der Waals surface area contributed by atoms with Gasteiger partial charge in [-0.25, -0.2) is 4.79 Å². The molecule has 0 aliphatic carbocycles. The molecular weight excluding hydrogens is 318 g/mol. The molecule has 1 aliphatic heterocycles. The molecule has 0 bridgehead atoms. The Morgan fingerprint density at radius 2 is 2.32 bits per heavy atom. The molecule has 19 heavy (non-hydrogen) atoms. The summed E-state index contributed by atoms with van der Waals surface area (Å²) in [7, 11) is 0. The van der Waals surface area contributed by atoms with Crippen LogP contribution in [-0.4, -0.2) is 37.7 Å². The van der Waals surface area contributed by atoms with Gasteiger partial charge in [-0.2, -0.15) is 0 Å². The standard InChI is InChI=1S/C12H14BrNO5/c13-10-4-3-9(19-10)12(16)18-7-11(15)14-6-8-2-1-5-17-8/h3-4,8H,1-2,5-7H2,(H,14,15)/t8-/m0/s1. The predicted molar refractivity (Wildman–Crippen MR) is 68.7 cm³/mol. The molecule has 7 heteroatoms. The zero-order chi connectivity index (χ0) is 13.7. The highest BCUT2D eigenvalue weighted by atomic mass is 79.9. The Bertz CT molecular complexity index is 453. The van der Waals surface area contributed by atoms with E-state index < -0.39 is 5.97 Å². The van der Waals surface area contributed by atoms with E-state index in [0.29, 0.717) is 11.2 Å². The van der Waals surface area contributed by atoms with Crippen molar-refractivity contribution in [1.82, 2.24) is 5.32 Å². The highest BCUT2D eigenvalue weighted by Crippen LogP contribution is 2.14. The lowest BCUT2D eigenvalue weighted by molar-refractivity contribution is -0.124. The van der Waals surface area contributed by atoms with Gasteiger partial charge < -0.3 is 19.2 Å². The summed E-state index contributed by atoms with van der Waals surface area (Å²) in [5, 5.41) is 2.66. The number of nitrogens with one attached hydrogen (secondary N) is 1. The first-order chi connectivity index (χ1) is 9.15. The maximum absolute atomic E-state index is 11.5. The molecule has 2 heterocycles. The van der Waals surface area contributed by atoms with Gasteiger partial charge in [0.1, 0.15) is 0 Å². The second-order valence-corrected chi connectivity index (χ2v) is 4.90. The van der Waals surface area contributed by atoms with Crippen LogP contribution in [0.15, 0.2) is 21.2 Å². The number of amides is 1. The van der Waals surface area contributed by atoms with E-state index >= 15 is 0 Å². The zero-order valence-corrected chi connectivity index (χ0v) is 11.8. The van der Waals surface area contributed by atoms with Crippen LogP contribution in [0.4, 0.5) is 0 Å². The van der Waals surface area contributed by atoms with Gasteiger partial charge in [-0.1, -0.05) is 0 Å². The number of carbonyl (C=O) groups is 2. The van der Waals surface area contributed by atoms with Crippen LogP contribution in [-0.2, 0) is 14.3 Å². The van der Waals surface area contributed by atoms with E-state index in [0.717, 1.165) is 19.4 Å². The Hall–Kier alpha value is -1.34. The fraction of sp³-hybridized carbons (Fsp3) is 0.500. The number of hydrogen-bond donors (Lipinski definition) is 1. The van der Waals surface area contributed by atoms with Crippen molar-refractivity contribution in [3.63, 3.8) is 0 Å². The number of rotatable bonds is 5. The molecule has 0 unspecified atom stereocenters. The van der Waals surface area contributed by atoms with E-state index in [2.05, 4.69) is 21.2 Å². The van der Waals surface area contributed by atoms with Crippen LogP contribution >= 0.6 is 15.9 Å². The molecule has 104 valence electrons. The first-order valence-electron chi connectivity index (χ1n) is 5.96. The summed E-state index contributed by atoms with van der Waals surface area (Å²) in [5.41, 5.74) is 0. The van der Waals surface area contributed by atoms with Crippen molar-refractivity contribution in [2.45, 2.75) is 18.9 Å². The van der Waals surface area contributed by atoms with Crippen molar-refractivity contribution >= 4 is 27.8 Å². The van der Waals surface area contributed by atoms with Crippen LogP contribution in [0.1, 0.15) is 23.4 Å². The van der Waals surface area contributed by atoms with Crippen LogP contribution in [0.5, 0.6) is 0 Å². The Morgan fingerprint density at radius 3 is 2.95 bits per heavy atom. The molecule has 1 fully saturated rings. The summed E-state index contributed by atoms with van der Waals surface area (Å²) in [5.74, 6) is -0.966. The van der Waals surface area contributed by atoms with Gasteiger partial charge in [0.25, 0.3) is 5.91 Å². The average molecular weight is 332 g/mol. The fourth-order valence-corrected chi connectivity index (χ4v) is 2.02. The summed E-state index contributed by atoms with van der Waals surface area (Å²) in [6.45, 7) is 0.857. The molecule has 6 nitrogen and oxygen atoms in total. The normalized spacial score (nSPS) is 18.3. The Morgan fingerprint density at radius 1 is 1.47 bits per heavy atom. The van der Waals surface area contributed by atoms with Crippen LogP contribution < -0.4 is 5.32 Å². The smallest absolute Gasteiger partial charge is 0.374 e. The van der Waals surface area contributed by atoms with Gasteiger partial charge in [-0.3, -0.25) is 4.79 Å². The van der Waals surface area contributed by atoms with Crippen molar-refractivity contribution in [3.8, 4) is 0 Å². The van der Waals surface area contributed by atoms with Crippen molar-refractivity contribution < 1.29 is 23.5 Å². The van der Waals surface area contributed by atoms with E-state index in [9.17, 15) is 9.59 Å². The van der Waals surface area contributed by atoms with Gasteiger partial charge in [0, 0.05) is 13.2 Å². The maximum atomic E-state index is 11.5. The minimum absolute atomic E-state index is 0.0544. The van der Waals surface area contributed by atoms with E-state index in [1.165, 1.54) is 6.07 Å². The lowest BCUT2D eigenvalue weighted by Gasteiger charge is -2.10. The largest absolute Gasteiger partial charge is 0.450 e. The highest BCUT2D eigenvalue weighted by molar-refractivity contribution is 9.10. The molecule has 1 saturated heterocycles. The minimum atomic E-state index is -0.669. The van der Waals surface area contributed by atoms with Crippen LogP contribution in [0.2, 0.25) is 0 Å². The maximum Gasteiger partial charge on any atom is 0.374 e. The van der Waals surface area contributed by atoms with Crippen molar-refractivity contribution in [1.29, 1.82) is 0 Å². The number of halogens is 1. The number of ether oxygens (including phenoxy) is 2. The van der Waals surface area contributed by atoms with Gasteiger partial charge in [0.05, 0.1) is 6.10 Å². The molecule has 2 rings (SSSR count). The lowest BCUT2D eigenvalue weighted by Crippen LogP contribution is -2.34.